The maximum Gasteiger partial charge on any atom is 0.306 e. The number of carbonyl (C=O) groups is 2. The molecule has 78 heavy (non-hydrogen) atoms. The minimum Gasteiger partial charge on any atom is -0.462 e. The van der Waals surface area contributed by atoms with Crippen LogP contribution in [0.1, 0.15) is 412 Å². The lowest BCUT2D eigenvalue weighted by molar-refractivity contribution is -0.161. The first-order valence-electron chi connectivity index (χ1n) is 35.9. The van der Waals surface area contributed by atoms with Crippen LogP contribution >= 0.6 is 0 Å². The second-order valence-corrected chi connectivity index (χ2v) is 24.7. The van der Waals surface area contributed by atoms with E-state index in [2.05, 4.69) is 38.2 Å². The summed E-state index contributed by atoms with van der Waals surface area (Å²) >= 11 is 0. The standard InChI is InChI=1S/C73H140O5/c1-3-5-7-9-11-13-15-17-19-21-23-25-27-29-31-32-33-34-35-36-37-38-39-40-42-43-45-47-49-51-53-55-57-59-61-63-65-67-72(75)77-70-71(69-74)78-73(76)68-66-64-62-60-58-56-54-52-50-48-46-44-41-30-28-26-24-22-20-18-16-14-12-10-8-6-4-2/h16,18,22,24,71,74H,3-15,17,19-21,23,25-70H2,1-2H3/b18-16-,24-22-. The number of ether oxygens (including phenoxy) is 2. The van der Waals surface area contributed by atoms with Gasteiger partial charge in [-0.05, 0) is 44.9 Å². The number of rotatable bonds is 68. The molecule has 5 heteroatoms. The summed E-state index contributed by atoms with van der Waals surface area (Å²) in [7, 11) is 0. The zero-order chi connectivity index (χ0) is 56.2. The number of aliphatic hydroxyl groups excluding tert-OH is 1. The normalized spacial score (nSPS) is 12.2. The van der Waals surface area contributed by atoms with Crippen LogP contribution < -0.4 is 0 Å². The number of allylic oxidation sites excluding steroid dienone is 4. The SMILES string of the molecule is CCCCCCC/C=C\C/C=C\CCCCCCCCCCCCCCCCCC(=O)OC(CO)COC(=O)CCCCCCCCCCCCCCCCCCCCCCCCCCCCCCCCCCCCCCC. The lowest BCUT2D eigenvalue weighted by Crippen LogP contribution is -2.28. The van der Waals surface area contributed by atoms with Crippen LogP contribution in [-0.4, -0.2) is 36.4 Å². The zero-order valence-corrected chi connectivity index (χ0v) is 53.2. The van der Waals surface area contributed by atoms with Crippen LogP contribution in [0, 0.1) is 0 Å². The van der Waals surface area contributed by atoms with Gasteiger partial charge in [0.1, 0.15) is 6.61 Å². The third-order valence-electron chi connectivity index (χ3n) is 16.7. The van der Waals surface area contributed by atoms with Crippen molar-refractivity contribution in [2.45, 2.75) is 418 Å². The number of hydrogen-bond acceptors (Lipinski definition) is 5. The fourth-order valence-electron chi connectivity index (χ4n) is 11.4. The highest BCUT2D eigenvalue weighted by Gasteiger charge is 2.16. The summed E-state index contributed by atoms with van der Waals surface area (Å²) in [6, 6.07) is 0. The lowest BCUT2D eigenvalue weighted by atomic mass is 10.0. The van der Waals surface area contributed by atoms with E-state index in [4.69, 9.17) is 9.47 Å². The lowest BCUT2D eigenvalue weighted by Gasteiger charge is -2.15. The van der Waals surface area contributed by atoms with Crippen LogP contribution in [-0.2, 0) is 19.1 Å². The van der Waals surface area contributed by atoms with Gasteiger partial charge in [-0.3, -0.25) is 9.59 Å². The van der Waals surface area contributed by atoms with Crippen molar-refractivity contribution in [2.24, 2.45) is 0 Å². The average molecular weight is 1100 g/mol. The van der Waals surface area contributed by atoms with Crippen LogP contribution in [0.15, 0.2) is 24.3 Å². The minimum atomic E-state index is -0.769. The van der Waals surface area contributed by atoms with Gasteiger partial charge in [0.05, 0.1) is 6.61 Å². The van der Waals surface area contributed by atoms with Crippen molar-refractivity contribution in [2.75, 3.05) is 13.2 Å². The molecule has 0 saturated heterocycles. The Balaban J connectivity index is 3.36. The molecule has 0 aromatic carbocycles. The van der Waals surface area contributed by atoms with Gasteiger partial charge in [-0.15, -0.1) is 0 Å². The molecule has 1 N–H and O–H groups in total. The van der Waals surface area contributed by atoms with E-state index in [1.54, 1.807) is 0 Å². The Morgan fingerprint density at radius 1 is 0.295 bits per heavy atom. The summed E-state index contributed by atoms with van der Waals surface area (Å²) < 4.78 is 10.8. The number of carbonyl (C=O) groups excluding carboxylic acids is 2. The molecule has 0 aliphatic carbocycles. The second-order valence-electron chi connectivity index (χ2n) is 24.7. The predicted octanol–water partition coefficient (Wildman–Crippen LogP) is 24.8. The van der Waals surface area contributed by atoms with Gasteiger partial charge in [0.25, 0.3) is 0 Å². The quantitative estimate of drug-likeness (QED) is 0.0373. The maximum atomic E-state index is 12.4. The molecule has 0 spiro atoms. The molecule has 0 bridgehead atoms. The molecule has 5 nitrogen and oxygen atoms in total. The molecule has 0 fully saturated rings. The first-order chi connectivity index (χ1) is 38.6. The number of esters is 2. The summed E-state index contributed by atoms with van der Waals surface area (Å²) in [5.41, 5.74) is 0. The minimum absolute atomic E-state index is 0.0588. The highest BCUT2D eigenvalue weighted by Crippen LogP contribution is 2.19. The zero-order valence-electron chi connectivity index (χ0n) is 53.2. The Morgan fingerprint density at radius 2 is 0.513 bits per heavy atom. The van der Waals surface area contributed by atoms with Crippen molar-refractivity contribution in [3.8, 4) is 0 Å². The van der Waals surface area contributed by atoms with Gasteiger partial charge in [0.15, 0.2) is 6.10 Å². The van der Waals surface area contributed by atoms with Crippen LogP contribution in [0.4, 0.5) is 0 Å². The predicted molar refractivity (Wildman–Crippen MR) is 344 cm³/mol. The molecule has 1 unspecified atom stereocenters. The summed E-state index contributed by atoms with van der Waals surface area (Å²) in [4.78, 5) is 24.6. The van der Waals surface area contributed by atoms with Gasteiger partial charge >= 0.3 is 11.9 Å². The van der Waals surface area contributed by atoms with Gasteiger partial charge < -0.3 is 14.6 Å². The highest BCUT2D eigenvalue weighted by atomic mass is 16.6. The van der Waals surface area contributed by atoms with Crippen LogP contribution in [0.5, 0.6) is 0 Å². The molecular weight excluding hydrogens is 957 g/mol. The summed E-state index contributed by atoms with van der Waals surface area (Å²) in [5, 5.41) is 9.70. The first-order valence-corrected chi connectivity index (χ1v) is 35.9. The Bertz CT molecular complexity index is 1200. The topological polar surface area (TPSA) is 72.8 Å². The maximum absolute atomic E-state index is 12.4. The molecular formula is C73H140O5. The van der Waals surface area contributed by atoms with Crippen molar-refractivity contribution in [3.05, 3.63) is 24.3 Å². The van der Waals surface area contributed by atoms with E-state index < -0.39 is 6.10 Å². The van der Waals surface area contributed by atoms with Crippen molar-refractivity contribution in [1.29, 1.82) is 0 Å². The third kappa shape index (κ3) is 66.9. The Labute approximate surface area is 489 Å². The highest BCUT2D eigenvalue weighted by molar-refractivity contribution is 5.70. The van der Waals surface area contributed by atoms with Crippen molar-refractivity contribution >= 4 is 11.9 Å². The van der Waals surface area contributed by atoms with Gasteiger partial charge in [0, 0.05) is 12.8 Å². The van der Waals surface area contributed by atoms with E-state index in [1.165, 1.54) is 347 Å². The third-order valence-corrected chi connectivity index (χ3v) is 16.7. The van der Waals surface area contributed by atoms with E-state index in [9.17, 15) is 14.7 Å². The van der Waals surface area contributed by atoms with Gasteiger partial charge in [-0.25, -0.2) is 0 Å². The monoisotopic (exact) mass is 1100 g/mol. The summed E-state index contributed by atoms with van der Waals surface area (Å²) in [6.07, 6.45) is 90.9. The van der Waals surface area contributed by atoms with Crippen molar-refractivity contribution in [1.82, 2.24) is 0 Å². The molecule has 0 heterocycles. The molecule has 0 radical (unpaired) electrons. The molecule has 0 aliphatic rings. The summed E-state index contributed by atoms with van der Waals surface area (Å²) in [6.45, 7) is 4.20. The van der Waals surface area contributed by atoms with E-state index in [1.807, 2.05) is 0 Å². The first kappa shape index (κ1) is 76.4. The molecule has 0 aliphatic heterocycles. The average Bonchev–Trinajstić information content (AvgIpc) is 3.44. The van der Waals surface area contributed by atoms with Gasteiger partial charge in [-0.1, -0.05) is 378 Å². The number of aliphatic hydroxyl groups is 1. The Kier molecular flexibility index (Phi) is 68.2. The Hall–Kier alpha value is -1.62. The van der Waals surface area contributed by atoms with Crippen molar-refractivity contribution < 1.29 is 24.2 Å². The molecule has 0 amide bonds. The molecule has 0 aromatic heterocycles. The fraction of sp³-hybridized carbons (Fsp3) is 0.918. The second kappa shape index (κ2) is 69.6. The van der Waals surface area contributed by atoms with Crippen molar-refractivity contribution in [3.63, 3.8) is 0 Å². The van der Waals surface area contributed by atoms with E-state index in [-0.39, 0.29) is 25.2 Å². The molecule has 0 saturated carbocycles. The van der Waals surface area contributed by atoms with Crippen LogP contribution in [0.3, 0.4) is 0 Å². The van der Waals surface area contributed by atoms with E-state index in [0.717, 1.165) is 38.5 Å². The fourth-order valence-corrected chi connectivity index (χ4v) is 11.4. The number of hydrogen-bond donors (Lipinski definition) is 1. The summed E-state index contributed by atoms with van der Waals surface area (Å²) in [5.74, 6) is -0.565. The van der Waals surface area contributed by atoms with Crippen LogP contribution in [0.25, 0.3) is 0 Å². The Morgan fingerprint density at radius 3 is 0.756 bits per heavy atom. The molecule has 462 valence electrons. The molecule has 0 aromatic rings. The van der Waals surface area contributed by atoms with Gasteiger partial charge in [-0.2, -0.15) is 0 Å². The largest absolute Gasteiger partial charge is 0.462 e. The smallest absolute Gasteiger partial charge is 0.306 e. The van der Waals surface area contributed by atoms with Gasteiger partial charge in [0.2, 0.25) is 0 Å². The molecule has 0 rings (SSSR count). The van der Waals surface area contributed by atoms with E-state index in [0.29, 0.717) is 12.8 Å². The number of unbranched alkanes of at least 4 members (excludes halogenated alkanes) is 56. The molecule has 1 atom stereocenters. The van der Waals surface area contributed by atoms with Crippen LogP contribution in [0.2, 0.25) is 0 Å². The van der Waals surface area contributed by atoms with E-state index >= 15 is 0 Å².